The Balaban J connectivity index is 0.000000324. The van der Waals surface area contributed by atoms with Crippen molar-refractivity contribution < 1.29 is 23.3 Å². The van der Waals surface area contributed by atoms with Gasteiger partial charge in [0, 0.05) is 0 Å². The van der Waals surface area contributed by atoms with E-state index < -0.39 is 0 Å². The molecule has 0 saturated heterocycles. The van der Waals surface area contributed by atoms with Crippen molar-refractivity contribution in [3.8, 4) is 22.3 Å². The summed E-state index contributed by atoms with van der Waals surface area (Å²) in [6.07, 6.45) is 3.85. The molecule has 0 aliphatic carbocycles. The molecule has 1 unspecified atom stereocenters. The van der Waals surface area contributed by atoms with Gasteiger partial charge in [0.2, 0.25) is 0 Å². The summed E-state index contributed by atoms with van der Waals surface area (Å²) < 4.78 is 0. The Hall–Kier alpha value is -3.26. The van der Waals surface area contributed by atoms with Crippen molar-refractivity contribution in [2.24, 2.45) is 0 Å². The molecule has 1 atom stereocenters. The summed E-state index contributed by atoms with van der Waals surface area (Å²) >= 11 is 1.36. The number of hydrogen-bond acceptors (Lipinski definition) is 0. The summed E-state index contributed by atoms with van der Waals surface area (Å²) in [4.78, 5) is 0. The van der Waals surface area contributed by atoms with E-state index >= 15 is 0 Å². The summed E-state index contributed by atoms with van der Waals surface area (Å²) in [5, 5.41) is 10.7. The predicted octanol–water partition coefficient (Wildman–Crippen LogP) is 15.0. The van der Waals surface area contributed by atoms with Crippen molar-refractivity contribution in [3.63, 3.8) is 0 Å². The first kappa shape index (κ1) is 44.9. The van der Waals surface area contributed by atoms with Crippen molar-refractivity contribution in [2.75, 3.05) is 0 Å². The van der Waals surface area contributed by atoms with Crippen LogP contribution >= 0.6 is 24.8 Å². The van der Waals surface area contributed by atoms with Crippen LogP contribution in [-0.4, -0.2) is 6.88 Å². The van der Waals surface area contributed by atoms with Gasteiger partial charge in [-0.15, -0.1) is 93.4 Å². The molecule has 52 heavy (non-hydrogen) atoms. The van der Waals surface area contributed by atoms with Crippen LogP contribution in [0.15, 0.2) is 140 Å². The molecule has 8 aromatic rings. The Morgan fingerprint density at radius 3 is 1.65 bits per heavy atom. The van der Waals surface area contributed by atoms with Crippen LogP contribution in [0.25, 0.3) is 65.3 Å². The molecular weight excluding hydrogens is 767 g/mol. The molecule has 0 nitrogen and oxygen atoms in total. The van der Waals surface area contributed by atoms with Crippen LogP contribution in [0, 0.1) is 28.7 Å². The standard InChI is InChI=1S/C25H25.C21H17.2CH3.2ClH.Si.Zr/c1-3-4-9-18(2)21-16-20-12-8-15-24(25(20)17-21)23-14-7-11-19-10-5-6-13-22(19)23;1-14-12-20-15(2)10-11-19(21(20)13-14)18-9-5-7-16-6-3-4-8-17(16)18;;;;;;/h5-8,10-18H,3-4,9H2,1-2H3;3-13H,1-2H3;2*1H3;2*1H;;/q4*-1;;;;. The number of rotatable bonds is 6. The van der Waals surface area contributed by atoms with Gasteiger partial charge in [0.05, 0.1) is 0 Å². The summed E-state index contributed by atoms with van der Waals surface area (Å²) in [6, 6.07) is 51.1. The van der Waals surface area contributed by atoms with E-state index in [0.29, 0.717) is 5.92 Å². The predicted molar refractivity (Wildman–Crippen MR) is 235 cm³/mol. The number of benzene rings is 6. The van der Waals surface area contributed by atoms with Crippen LogP contribution in [0.1, 0.15) is 55.7 Å². The van der Waals surface area contributed by atoms with E-state index in [1.165, 1.54) is 125 Å². The first-order chi connectivity index (χ1) is 23.5. The average Bonchev–Trinajstić information content (AvgIpc) is 3.76. The van der Waals surface area contributed by atoms with Crippen LogP contribution in [-0.2, 0) is 23.3 Å². The maximum absolute atomic E-state index is 3.06. The molecule has 0 heterocycles. The Labute approximate surface area is 341 Å². The topological polar surface area (TPSA) is 0 Å². The van der Waals surface area contributed by atoms with E-state index in [2.05, 4.69) is 174 Å². The number of unbranched alkanes of at least 4 members (excludes halogenated alkanes) is 1. The molecule has 0 aliphatic heterocycles. The van der Waals surface area contributed by atoms with Crippen molar-refractivity contribution in [1.29, 1.82) is 0 Å². The molecule has 0 fully saturated rings. The molecule has 0 aliphatic rings. The van der Waals surface area contributed by atoms with E-state index in [-0.39, 0.29) is 39.7 Å². The molecule has 0 aromatic heterocycles. The summed E-state index contributed by atoms with van der Waals surface area (Å²) in [6.45, 7) is 12.1. The summed E-state index contributed by atoms with van der Waals surface area (Å²) in [7, 11) is 0. The molecule has 2 radical (unpaired) electrons. The molecular formula is C48H50Cl2SiZr-4. The van der Waals surface area contributed by atoms with E-state index in [4.69, 9.17) is 0 Å². The van der Waals surface area contributed by atoms with E-state index in [1.54, 1.807) is 0 Å². The van der Waals surface area contributed by atoms with Crippen LogP contribution in [0.4, 0.5) is 0 Å². The SMILES string of the molecule is CCCCC(C)c1cc2c(-c3cccc4ccccc34)cccc2[cH-]1.Cc1cc2c(-c3cccc4ccccc34)ccc(C)c2[cH-]1.Cl.Cl.[CH3-].[CH3-].[Si]=[Zr]. The molecule has 4 heteroatoms. The van der Waals surface area contributed by atoms with Crippen molar-refractivity contribution in [2.45, 2.75) is 52.9 Å². The third kappa shape index (κ3) is 9.45. The normalized spacial score (nSPS) is 10.8. The minimum absolute atomic E-state index is 0. The monoisotopic (exact) mass is 814 g/mol. The quantitative estimate of drug-likeness (QED) is 0.116. The van der Waals surface area contributed by atoms with Gasteiger partial charge in [-0.1, -0.05) is 149 Å². The number of hydrogen-bond donors (Lipinski definition) is 0. The van der Waals surface area contributed by atoms with Crippen molar-refractivity contribution in [3.05, 3.63) is 171 Å². The molecule has 0 saturated carbocycles. The molecule has 0 N–H and O–H groups in total. The molecule has 268 valence electrons. The van der Waals surface area contributed by atoms with E-state index in [9.17, 15) is 0 Å². The van der Waals surface area contributed by atoms with E-state index in [1.807, 2.05) is 0 Å². The van der Waals surface area contributed by atoms with Gasteiger partial charge in [-0.3, -0.25) is 0 Å². The Bertz CT molecular complexity index is 2320. The Morgan fingerprint density at radius 1 is 0.577 bits per heavy atom. The molecule has 0 bridgehead atoms. The number of aryl methyl sites for hydroxylation is 2. The van der Waals surface area contributed by atoms with Gasteiger partial charge < -0.3 is 14.9 Å². The minimum atomic E-state index is 0. The second-order valence-corrected chi connectivity index (χ2v) is 13.0. The fourth-order valence-electron chi connectivity index (χ4n) is 7.20. The number of halogens is 2. The zero-order chi connectivity index (χ0) is 33.6. The maximum atomic E-state index is 3.06. The van der Waals surface area contributed by atoms with Gasteiger partial charge >= 0.3 is 30.2 Å². The second-order valence-electron chi connectivity index (χ2n) is 13.0. The van der Waals surface area contributed by atoms with Gasteiger partial charge in [0.15, 0.2) is 0 Å². The molecule has 8 rings (SSSR count). The van der Waals surface area contributed by atoms with Crippen molar-refractivity contribution in [1.82, 2.24) is 0 Å². The van der Waals surface area contributed by atoms with Crippen LogP contribution in [0.2, 0.25) is 0 Å². The van der Waals surface area contributed by atoms with Crippen LogP contribution in [0.5, 0.6) is 0 Å². The first-order valence-corrected chi connectivity index (χ1v) is 21.3. The Kier molecular flexibility index (Phi) is 18.0. The zero-order valence-electron chi connectivity index (χ0n) is 31.3. The van der Waals surface area contributed by atoms with Crippen LogP contribution in [0.3, 0.4) is 0 Å². The zero-order valence-corrected chi connectivity index (χ0v) is 36.4. The molecule has 0 amide bonds. The number of fused-ring (bicyclic) bond motifs is 4. The fraction of sp³-hybridized carbons (Fsp3) is 0.167. The molecule has 0 spiro atoms. The van der Waals surface area contributed by atoms with Crippen LogP contribution < -0.4 is 0 Å². The van der Waals surface area contributed by atoms with Gasteiger partial charge in [0.1, 0.15) is 0 Å². The summed E-state index contributed by atoms with van der Waals surface area (Å²) in [5.41, 5.74) is 9.51. The second kappa shape index (κ2) is 20.8. The van der Waals surface area contributed by atoms with Gasteiger partial charge in [-0.05, 0) is 45.0 Å². The van der Waals surface area contributed by atoms with Crippen molar-refractivity contribution >= 4 is 74.8 Å². The summed E-state index contributed by atoms with van der Waals surface area (Å²) in [5.74, 6) is 0.632. The van der Waals surface area contributed by atoms with E-state index in [0.717, 1.165) is 0 Å². The van der Waals surface area contributed by atoms with Gasteiger partial charge in [-0.25, -0.2) is 0 Å². The first-order valence-electron chi connectivity index (χ1n) is 17.1. The van der Waals surface area contributed by atoms with Gasteiger partial charge in [0.25, 0.3) is 0 Å². The molecule has 8 aromatic carbocycles. The van der Waals surface area contributed by atoms with Gasteiger partial charge in [-0.2, -0.15) is 12.1 Å². The Morgan fingerprint density at radius 2 is 1.08 bits per heavy atom. The third-order valence-corrected chi connectivity index (χ3v) is 9.74. The average molecular weight is 817 g/mol. The fourth-order valence-corrected chi connectivity index (χ4v) is 7.20. The third-order valence-electron chi connectivity index (χ3n) is 9.74.